The molecule has 0 aromatic heterocycles. The van der Waals surface area contributed by atoms with Crippen molar-refractivity contribution >= 4 is 0 Å². The SMILES string of the molecule is CCOc1cccc(C(N)c2cccc(OC)c2)c1. The second-order valence-electron chi connectivity index (χ2n) is 4.26. The molecule has 2 rings (SSSR count). The first-order chi connectivity index (χ1) is 9.24. The van der Waals surface area contributed by atoms with Crippen LogP contribution in [-0.4, -0.2) is 13.7 Å². The molecule has 1 atom stereocenters. The van der Waals surface area contributed by atoms with Crippen molar-refractivity contribution in [3.8, 4) is 11.5 Å². The van der Waals surface area contributed by atoms with Crippen molar-refractivity contribution in [1.29, 1.82) is 0 Å². The Labute approximate surface area is 114 Å². The van der Waals surface area contributed by atoms with Gasteiger partial charge in [0.2, 0.25) is 0 Å². The van der Waals surface area contributed by atoms with Gasteiger partial charge in [0.25, 0.3) is 0 Å². The van der Waals surface area contributed by atoms with E-state index in [9.17, 15) is 0 Å². The van der Waals surface area contributed by atoms with E-state index in [1.165, 1.54) is 0 Å². The van der Waals surface area contributed by atoms with E-state index < -0.39 is 0 Å². The number of nitrogens with two attached hydrogens (primary N) is 1. The molecule has 0 radical (unpaired) electrons. The topological polar surface area (TPSA) is 44.5 Å². The Bertz CT molecular complexity index is 540. The summed E-state index contributed by atoms with van der Waals surface area (Å²) in [6.45, 7) is 2.62. The summed E-state index contributed by atoms with van der Waals surface area (Å²) in [7, 11) is 1.65. The molecular weight excluding hydrogens is 238 g/mol. The van der Waals surface area contributed by atoms with Crippen molar-refractivity contribution in [1.82, 2.24) is 0 Å². The van der Waals surface area contributed by atoms with Crippen LogP contribution in [0.3, 0.4) is 0 Å². The lowest BCUT2D eigenvalue weighted by Gasteiger charge is -2.14. The fraction of sp³-hybridized carbons (Fsp3) is 0.250. The molecule has 2 N–H and O–H groups in total. The number of rotatable bonds is 5. The molecule has 0 aliphatic rings. The number of hydrogen-bond acceptors (Lipinski definition) is 3. The number of ether oxygens (including phenoxy) is 2. The smallest absolute Gasteiger partial charge is 0.119 e. The van der Waals surface area contributed by atoms with Crippen molar-refractivity contribution in [2.24, 2.45) is 5.73 Å². The summed E-state index contributed by atoms with van der Waals surface area (Å²) in [4.78, 5) is 0. The van der Waals surface area contributed by atoms with Crippen molar-refractivity contribution in [2.45, 2.75) is 13.0 Å². The minimum Gasteiger partial charge on any atom is -0.497 e. The van der Waals surface area contributed by atoms with Gasteiger partial charge in [-0.15, -0.1) is 0 Å². The van der Waals surface area contributed by atoms with Crippen LogP contribution in [0.15, 0.2) is 48.5 Å². The largest absolute Gasteiger partial charge is 0.497 e. The maximum atomic E-state index is 6.29. The highest BCUT2D eigenvalue weighted by Gasteiger charge is 2.10. The second kappa shape index (κ2) is 6.25. The Morgan fingerprint density at radius 2 is 1.58 bits per heavy atom. The molecule has 0 saturated carbocycles. The highest BCUT2D eigenvalue weighted by molar-refractivity contribution is 5.39. The molecule has 2 aromatic carbocycles. The van der Waals surface area contributed by atoms with E-state index in [-0.39, 0.29) is 6.04 Å². The first-order valence-electron chi connectivity index (χ1n) is 6.37. The maximum absolute atomic E-state index is 6.29. The van der Waals surface area contributed by atoms with Gasteiger partial charge in [-0.2, -0.15) is 0 Å². The Morgan fingerprint density at radius 3 is 2.16 bits per heavy atom. The van der Waals surface area contributed by atoms with E-state index >= 15 is 0 Å². The van der Waals surface area contributed by atoms with Crippen molar-refractivity contribution < 1.29 is 9.47 Å². The van der Waals surface area contributed by atoms with E-state index in [0.717, 1.165) is 22.6 Å². The van der Waals surface area contributed by atoms with E-state index in [1.807, 2.05) is 55.5 Å². The van der Waals surface area contributed by atoms with Crippen molar-refractivity contribution in [3.63, 3.8) is 0 Å². The summed E-state index contributed by atoms with van der Waals surface area (Å²) in [5, 5.41) is 0. The summed E-state index contributed by atoms with van der Waals surface area (Å²) >= 11 is 0. The van der Waals surface area contributed by atoms with E-state index in [0.29, 0.717) is 6.61 Å². The Balaban J connectivity index is 2.27. The molecule has 19 heavy (non-hydrogen) atoms. The molecule has 0 bridgehead atoms. The third-order valence-corrected chi connectivity index (χ3v) is 2.98. The van der Waals surface area contributed by atoms with Gasteiger partial charge >= 0.3 is 0 Å². The molecule has 3 heteroatoms. The molecule has 0 fully saturated rings. The number of benzene rings is 2. The first-order valence-corrected chi connectivity index (χ1v) is 6.37. The molecule has 2 aromatic rings. The van der Waals surface area contributed by atoms with Crippen LogP contribution in [0.5, 0.6) is 11.5 Å². The third kappa shape index (κ3) is 3.26. The highest BCUT2D eigenvalue weighted by atomic mass is 16.5. The van der Waals surface area contributed by atoms with Crippen molar-refractivity contribution in [3.05, 3.63) is 59.7 Å². The lowest BCUT2D eigenvalue weighted by Crippen LogP contribution is -2.12. The molecule has 1 unspecified atom stereocenters. The minimum atomic E-state index is -0.185. The summed E-state index contributed by atoms with van der Waals surface area (Å²) < 4.78 is 10.7. The maximum Gasteiger partial charge on any atom is 0.119 e. The van der Waals surface area contributed by atoms with Gasteiger partial charge in [-0.1, -0.05) is 24.3 Å². The van der Waals surface area contributed by atoms with Crippen LogP contribution < -0.4 is 15.2 Å². The van der Waals surface area contributed by atoms with Crippen LogP contribution in [0.4, 0.5) is 0 Å². The minimum absolute atomic E-state index is 0.185. The second-order valence-corrected chi connectivity index (χ2v) is 4.26. The summed E-state index contributed by atoms with van der Waals surface area (Å²) in [5.74, 6) is 1.66. The molecular formula is C16H19NO2. The molecule has 0 aliphatic heterocycles. The zero-order valence-corrected chi connectivity index (χ0v) is 11.3. The number of hydrogen-bond donors (Lipinski definition) is 1. The van der Waals surface area contributed by atoms with Gasteiger partial charge in [-0.05, 0) is 42.3 Å². The van der Waals surface area contributed by atoms with Gasteiger partial charge in [0, 0.05) is 0 Å². The predicted octanol–water partition coefficient (Wildman–Crippen LogP) is 3.14. The monoisotopic (exact) mass is 257 g/mol. The molecule has 0 saturated heterocycles. The average molecular weight is 257 g/mol. The lowest BCUT2D eigenvalue weighted by atomic mass is 9.99. The standard InChI is InChI=1S/C16H19NO2/c1-3-19-15-9-5-7-13(11-15)16(17)12-6-4-8-14(10-12)18-2/h4-11,16H,3,17H2,1-2H3. The van der Waals surface area contributed by atoms with Gasteiger partial charge in [-0.3, -0.25) is 0 Å². The third-order valence-electron chi connectivity index (χ3n) is 2.98. The Morgan fingerprint density at radius 1 is 1.00 bits per heavy atom. The van der Waals surface area contributed by atoms with Gasteiger partial charge < -0.3 is 15.2 Å². The van der Waals surface area contributed by atoms with Crippen LogP contribution in [-0.2, 0) is 0 Å². The van der Waals surface area contributed by atoms with Gasteiger partial charge in [0.15, 0.2) is 0 Å². The van der Waals surface area contributed by atoms with Crippen LogP contribution in [0.1, 0.15) is 24.1 Å². The quantitative estimate of drug-likeness (QED) is 0.895. The first kappa shape index (κ1) is 13.4. The fourth-order valence-corrected chi connectivity index (χ4v) is 1.99. The van der Waals surface area contributed by atoms with Gasteiger partial charge in [-0.25, -0.2) is 0 Å². The molecule has 0 amide bonds. The molecule has 100 valence electrons. The lowest BCUT2D eigenvalue weighted by molar-refractivity contribution is 0.340. The Hall–Kier alpha value is -2.00. The van der Waals surface area contributed by atoms with Gasteiger partial charge in [0.05, 0.1) is 19.8 Å². The van der Waals surface area contributed by atoms with E-state index in [2.05, 4.69) is 0 Å². The van der Waals surface area contributed by atoms with Crippen LogP contribution >= 0.6 is 0 Å². The average Bonchev–Trinajstić information content (AvgIpc) is 2.47. The van der Waals surface area contributed by atoms with Crippen LogP contribution in [0.2, 0.25) is 0 Å². The zero-order valence-electron chi connectivity index (χ0n) is 11.3. The van der Waals surface area contributed by atoms with Crippen LogP contribution in [0.25, 0.3) is 0 Å². The summed E-state index contributed by atoms with van der Waals surface area (Å²) in [6.07, 6.45) is 0. The predicted molar refractivity (Wildman–Crippen MR) is 76.6 cm³/mol. The molecule has 0 heterocycles. The Kier molecular flexibility index (Phi) is 4.42. The molecule has 0 spiro atoms. The van der Waals surface area contributed by atoms with Gasteiger partial charge in [0.1, 0.15) is 11.5 Å². The van der Waals surface area contributed by atoms with E-state index in [1.54, 1.807) is 7.11 Å². The molecule has 3 nitrogen and oxygen atoms in total. The zero-order chi connectivity index (χ0) is 13.7. The van der Waals surface area contributed by atoms with Crippen LogP contribution in [0, 0.1) is 0 Å². The number of methoxy groups -OCH3 is 1. The molecule has 0 aliphatic carbocycles. The normalized spacial score (nSPS) is 11.9. The van der Waals surface area contributed by atoms with Crippen molar-refractivity contribution in [2.75, 3.05) is 13.7 Å². The highest BCUT2D eigenvalue weighted by Crippen LogP contribution is 2.25. The summed E-state index contributed by atoms with van der Waals surface area (Å²) in [6, 6.07) is 15.5. The van der Waals surface area contributed by atoms with E-state index in [4.69, 9.17) is 15.2 Å². The fourth-order valence-electron chi connectivity index (χ4n) is 1.99. The summed E-state index contributed by atoms with van der Waals surface area (Å²) in [5.41, 5.74) is 8.34.